The minimum atomic E-state index is -3.65. The fourth-order valence-corrected chi connectivity index (χ4v) is 4.78. The first-order chi connectivity index (χ1) is 9.60. The summed E-state index contributed by atoms with van der Waals surface area (Å²) in [6.07, 6.45) is 5.37. The number of morpholine rings is 1. The summed E-state index contributed by atoms with van der Waals surface area (Å²) < 4.78 is 32.8. The van der Waals surface area contributed by atoms with Crippen molar-refractivity contribution in [3.8, 4) is 0 Å². The van der Waals surface area contributed by atoms with Gasteiger partial charge in [-0.1, -0.05) is 12.8 Å². The Morgan fingerprint density at radius 2 is 2.15 bits per heavy atom. The van der Waals surface area contributed by atoms with Crippen molar-refractivity contribution in [2.45, 2.75) is 42.9 Å². The van der Waals surface area contributed by atoms with Gasteiger partial charge in [0.25, 0.3) is 10.0 Å². The molecule has 1 aromatic rings. The number of nitrogen functional groups attached to an aromatic ring is 1. The van der Waals surface area contributed by atoms with Crippen molar-refractivity contribution < 1.29 is 13.2 Å². The number of pyridine rings is 1. The van der Waals surface area contributed by atoms with E-state index < -0.39 is 10.0 Å². The number of ether oxygens (including phenoxy) is 1. The summed E-state index contributed by atoms with van der Waals surface area (Å²) in [5, 5.41) is -0.0359. The smallest absolute Gasteiger partial charge is 0.263 e. The number of rotatable bonds is 2. The second kappa shape index (κ2) is 5.31. The van der Waals surface area contributed by atoms with Crippen molar-refractivity contribution in [1.29, 1.82) is 0 Å². The van der Waals surface area contributed by atoms with E-state index in [1.807, 2.05) is 0 Å². The highest BCUT2D eigenvalue weighted by Gasteiger charge is 2.41. The molecule has 1 aliphatic heterocycles. The quantitative estimate of drug-likeness (QED) is 0.880. The molecule has 2 unspecified atom stereocenters. The van der Waals surface area contributed by atoms with Gasteiger partial charge in [-0.15, -0.1) is 0 Å². The number of nitrogens with two attached hydrogens (primary N) is 1. The molecule has 2 fully saturated rings. The van der Waals surface area contributed by atoms with Gasteiger partial charge in [-0.2, -0.15) is 4.31 Å². The molecule has 7 heteroatoms. The van der Waals surface area contributed by atoms with Crippen LogP contribution in [0.3, 0.4) is 0 Å². The monoisotopic (exact) mass is 297 g/mol. The average molecular weight is 297 g/mol. The van der Waals surface area contributed by atoms with E-state index in [0.717, 1.165) is 25.7 Å². The molecule has 0 amide bonds. The zero-order valence-corrected chi connectivity index (χ0v) is 12.1. The minimum Gasteiger partial charge on any atom is -0.396 e. The third kappa shape index (κ3) is 2.30. The van der Waals surface area contributed by atoms with Gasteiger partial charge in [0.1, 0.15) is 0 Å². The first-order valence-corrected chi connectivity index (χ1v) is 8.38. The lowest BCUT2D eigenvalue weighted by atomic mass is 9.91. The summed E-state index contributed by atoms with van der Waals surface area (Å²) in [7, 11) is -3.65. The lowest BCUT2D eigenvalue weighted by Crippen LogP contribution is -2.54. The summed E-state index contributed by atoms with van der Waals surface area (Å²) in [5.74, 6) is 0. The molecule has 0 aromatic carbocycles. The van der Waals surface area contributed by atoms with Crippen LogP contribution in [0, 0.1) is 0 Å². The molecule has 6 nitrogen and oxygen atoms in total. The molecule has 0 spiro atoms. The molecule has 2 heterocycles. The van der Waals surface area contributed by atoms with Crippen LogP contribution >= 0.6 is 0 Å². The van der Waals surface area contributed by atoms with E-state index >= 15 is 0 Å². The van der Waals surface area contributed by atoms with E-state index in [9.17, 15) is 8.42 Å². The largest absolute Gasteiger partial charge is 0.396 e. The number of anilines is 1. The highest BCUT2D eigenvalue weighted by molar-refractivity contribution is 7.89. The third-order valence-electron chi connectivity index (χ3n) is 4.03. The van der Waals surface area contributed by atoms with Gasteiger partial charge in [0.05, 0.1) is 24.4 Å². The van der Waals surface area contributed by atoms with Gasteiger partial charge in [-0.05, 0) is 25.0 Å². The van der Waals surface area contributed by atoms with Gasteiger partial charge in [0, 0.05) is 12.7 Å². The highest BCUT2D eigenvalue weighted by Crippen LogP contribution is 2.32. The minimum absolute atomic E-state index is 0.0113. The fourth-order valence-electron chi connectivity index (χ4n) is 3.09. The molecule has 2 N–H and O–H groups in total. The van der Waals surface area contributed by atoms with Gasteiger partial charge in [-0.25, -0.2) is 13.4 Å². The summed E-state index contributed by atoms with van der Waals surface area (Å²) in [4.78, 5) is 3.97. The Hall–Kier alpha value is -1.18. The van der Waals surface area contributed by atoms with Gasteiger partial charge < -0.3 is 10.5 Å². The third-order valence-corrected chi connectivity index (χ3v) is 5.94. The van der Waals surface area contributed by atoms with Crippen LogP contribution in [0.15, 0.2) is 23.4 Å². The SMILES string of the molecule is Nc1cccnc1S(=O)(=O)N1CCOC2CCCCC21. The first kappa shape index (κ1) is 13.8. The van der Waals surface area contributed by atoms with Gasteiger partial charge >= 0.3 is 0 Å². The summed E-state index contributed by atoms with van der Waals surface area (Å²) >= 11 is 0. The average Bonchev–Trinajstić information content (AvgIpc) is 2.47. The molecule has 110 valence electrons. The van der Waals surface area contributed by atoms with Crippen molar-refractivity contribution in [2.75, 3.05) is 18.9 Å². The maximum absolute atomic E-state index is 12.8. The number of nitrogens with zero attached hydrogens (tertiary/aromatic N) is 2. The molecular weight excluding hydrogens is 278 g/mol. The molecule has 2 aliphatic rings. The van der Waals surface area contributed by atoms with E-state index in [-0.39, 0.29) is 22.9 Å². The van der Waals surface area contributed by atoms with Crippen molar-refractivity contribution in [2.24, 2.45) is 0 Å². The van der Waals surface area contributed by atoms with Crippen molar-refractivity contribution in [3.05, 3.63) is 18.3 Å². The van der Waals surface area contributed by atoms with Gasteiger partial charge in [0.15, 0.2) is 5.03 Å². The lowest BCUT2D eigenvalue weighted by Gasteiger charge is -2.42. The number of hydrogen-bond acceptors (Lipinski definition) is 5. The standard InChI is InChI=1S/C13H19N3O3S/c14-10-4-3-7-15-13(10)20(17,18)16-8-9-19-12-6-2-1-5-11(12)16/h3-4,7,11-12H,1-2,5-6,8-9,14H2. The summed E-state index contributed by atoms with van der Waals surface area (Å²) in [5.41, 5.74) is 5.98. The maximum atomic E-state index is 12.8. The second-order valence-corrected chi connectivity index (χ2v) is 7.08. The topological polar surface area (TPSA) is 85.5 Å². The first-order valence-electron chi connectivity index (χ1n) is 6.94. The number of hydrogen-bond donors (Lipinski definition) is 1. The predicted octanol–water partition coefficient (Wildman–Crippen LogP) is 0.996. The Morgan fingerprint density at radius 3 is 2.95 bits per heavy atom. The van der Waals surface area contributed by atoms with Gasteiger partial charge in [-0.3, -0.25) is 0 Å². The van der Waals surface area contributed by atoms with Crippen molar-refractivity contribution in [1.82, 2.24) is 9.29 Å². The van der Waals surface area contributed by atoms with Crippen LogP contribution in [-0.2, 0) is 14.8 Å². The maximum Gasteiger partial charge on any atom is 0.263 e. The van der Waals surface area contributed by atoms with E-state index in [4.69, 9.17) is 10.5 Å². The van der Waals surface area contributed by atoms with E-state index in [2.05, 4.69) is 4.98 Å². The van der Waals surface area contributed by atoms with Crippen LogP contribution in [0.25, 0.3) is 0 Å². The highest BCUT2D eigenvalue weighted by atomic mass is 32.2. The second-order valence-electron chi connectivity index (χ2n) is 5.27. The molecular formula is C13H19N3O3S. The van der Waals surface area contributed by atoms with Gasteiger partial charge in [0.2, 0.25) is 0 Å². The molecule has 0 bridgehead atoms. The Bertz CT molecular complexity index is 588. The number of aromatic nitrogens is 1. The molecule has 0 radical (unpaired) electrons. The normalized spacial score (nSPS) is 28.0. The molecule has 2 atom stereocenters. The van der Waals surface area contributed by atoms with E-state index in [0.29, 0.717) is 13.2 Å². The van der Waals surface area contributed by atoms with E-state index in [1.54, 1.807) is 16.4 Å². The van der Waals surface area contributed by atoms with Crippen LogP contribution in [0.2, 0.25) is 0 Å². The lowest BCUT2D eigenvalue weighted by molar-refractivity contribution is -0.0586. The van der Waals surface area contributed by atoms with E-state index in [1.165, 1.54) is 6.20 Å². The predicted molar refractivity (Wildman–Crippen MR) is 74.5 cm³/mol. The van der Waals surface area contributed by atoms with Crippen LogP contribution in [0.4, 0.5) is 5.69 Å². The zero-order valence-electron chi connectivity index (χ0n) is 11.2. The molecule has 20 heavy (non-hydrogen) atoms. The number of sulfonamides is 1. The summed E-state index contributed by atoms with van der Waals surface area (Å²) in [6, 6.07) is 3.12. The Balaban J connectivity index is 1.96. The van der Waals surface area contributed by atoms with Crippen LogP contribution in [0.5, 0.6) is 0 Å². The van der Waals surface area contributed by atoms with Crippen LogP contribution in [-0.4, -0.2) is 43.0 Å². The number of fused-ring (bicyclic) bond motifs is 1. The fraction of sp³-hybridized carbons (Fsp3) is 0.615. The molecule has 1 aliphatic carbocycles. The molecule has 1 aromatic heterocycles. The summed E-state index contributed by atoms with van der Waals surface area (Å²) in [6.45, 7) is 0.812. The molecule has 1 saturated heterocycles. The zero-order chi connectivity index (χ0) is 14.2. The van der Waals surface area contributed by atoms with Crippen molar-refractivity contribution >= 4 is 15.7 Å². The molecule has 1 saturated carbocycles. The molecule has 3 rings (SSSR count). The Morgan fingerprint density at radius 1 is 1.35 bits per heavy atom. The van der Waals surface area contributed by atoms with Crippen LogP contribution in [0.1, 0.15) is 25.7 Å². The van der Waals surface area contributed by atoms with Crippen molar-refractivity contribution in [3.63, 3.8) is 0 Å². The Labute approximate surface area is 119 Å². The Kier molecular flexibility index (Phi) is 3.66. The van der Waals surface area contributed by atoms with Crippen LogP contribution < -0.4 is 5.73 Å².